The summed E-state index contributed by atoms with van der Waals surface area (Å²) in [5.41, 5.74) is 8.19. The molecular weight excluding hydrogens is 440 g/mol. The number of aromatic nitrogens is 1. The Balaban J connectivity index is 0.000000372. The van der Waals surface area contributed by atoms with E-state index in [0.29, 0.717) is 0 Å². The maximum absolute atomic E-state index is 3.38. The van der Waals surface area contributed by atoms with Gasteiger partial charge in [-0.1, -0.05) is 11.6 Å². The molecule has 0 fully saturated rings. The predicted octanol–water partition coefficient (Wildman–Crippen LogP) is -0.831. The van der Waals surface area contributed by atoms with Crippen LogP contribution >= 0.6 is 0 Å². The summed E-state index contributed by atoms with van der Waals surface area (Å²) >= 11 is 0. The van der Waals surface area contributed by atoms with Gasteiger partial charge in [-0.2, -0.15) is 30.3 Å². The molecule has 0 radical (unpaired) electrons. The van der Waals surface area contributed by atoms with Crippen LogP contribution in [-0.4, -0.2) is 4.57 Å². The summed E-state index contributed by atoms with van der Waals surface area (Å²) in [5.74, 6) is 0. The third-order valence-corrected chi connectivity index (χ3v) is 4.60. The fourth-order valence-corrected chi connectivity index (χ4v) is 3.51. The van der Waals surface area contributed by atoms with E-state index in [1.165, 1.54) is 38.9 Å². The number of hydrogen-bond acceptors (Lipinski definition) is 0. The maximum Gasteiger partial charge on any atom is 4.00 e. The molecule has 0 saturated carbocycles. The number of hydrogen-bond donors (Lipinski definition) is 0. The van der Waals surface area contributed by atoms with Gasteiger partial charge in [-0.15, -0.1) is 17.5 Å². The molecule has 5 rings (SSSR count). The summed E-state index contributed by atoms with van der Waals surface area (Å²) in [6.07, 6.45) is 11.0. The van der Waals surface area contributed by atoms with Crippen LogP contribution in [0.5, 0.6) is 0 Å². The molecule has 0 atom stereocenters. The zero-order valence-electron chi connectivity index (χ0n) is 14.8. The Morgan fingerprint density at radius 2 is 1.92 bits per heavy atom. The van der Waals surface area contributed by atoms with Crippen LogP contribution in [0.2, 0.25) is 0 Å². The molecule has 0 aliphatic heterocycles. The summed E-state index contributed by atoms with van der Waals surface area (Å²) < 4.78 is 2.32. The van der Waals surface area contributed by atoms with Crippen LogP contribution in [0.4, 0.5) is 0 Å². The maximum atomic E-state index is 3.38. The van der Waals surface area contributed by atoms with Gasteiger partial charge in [0.25, 0.3) is 0 Å². The molecular formula is C22H19Cl2NZr. The Kier molecular flexibility index (Phi) is 8.60. The molecule has 3 aromatic rings. The van der Waals surface area contributed by atoms with Crippen molar-refractivity contribution in [2.24, 2.45) is 7.05 Å². The van der Waals surface area contributed by atoms with E-state index in [4.69, 9.17) is 0 Å². The van der Waals surface area contributed by atoms with Gasteiger partial charge in [0.15, 0.2) is 0 Å². The van der Waals surface area contributed by atoms with Crippen molar-refractivity contribution in [1.82, 2.24) is 4.57 Å². The molecule has 0 bridgehead atoms. The van der Waals surface area contributed by atoms with Gasteiger partial charge in [0, 0.05) is 18.0 Å². The monoisotopic (exact) mass is 457 g/mol. The molecule has 2 aliphatic rings. The quantitative estimate of drug-likeness (QED) is 0.303. The Morgan fingerprint density at radius 3 is 2.58 bits per heavy atom. The first-order chi connectivity index (χ1) is 11.3. The third kappa shape index (κ3) is 4.09. The van der Waals surface area contributed by atoms with Crippen molar-refractivity contribution in [3.8, 4) is 11.3 Å². The van der Waals surface area contributed by atoms with Crippen LogP contribution in [0.1, 0.15) is 23.1 Å². The molecule has 2 aliphatic carbocycles. The van der Waals surface area contributed by atoms with Gasteiger partial charge in [-0.05, 0) is 36.7 Å². The zero-order chi connectivity index (χ0) is 15.8. The minimum absolute atomic E-state index is 0. The first kappa shape index (κ1) is 23.0. The van der Waals surface area contributed by atoms with Crippen molar-refractivity contribution in [3.05, 3.63) is 83.5 Å². The first-order valence-corrected chi connectivity index (χ1v) is 8.05. The van der Waals surface area contributed by atoms with E-state index >= 15 is 0 Å². The van der Waals surface area contributed by atoms with Gasteiger partial charge >= 0.3 is 26.2 Å². The van der Waals surface area contributed by atoms with Gasteiger partial charge < -0.3 is 29.4 Å². The summed E-state index contributed by atoms with van der Waals surface area (Å²) in [4.78, 5) is 0. The predicted molar refractivity (Wildman–Crippen MR) is 96.3 cm³/mol. The SMILES string of the molecule is Cc1ccc2c(c1)c1c(n2C)-c2ccc[c-]c2C1.[C-]1=CC=CC1.[Cl-].[Cl-].[Zr+4]. The van der Waals surface area contributed by atoms with Gasteiger partial charge in [0.05, 0.1) is 0 Å². The average Bonchev–Trinajstić information content (AvgIpc) is 3.28. The van der Waals surface area contributed by atoms with Crippen LogP contribution < -0.4 is 24.8 Å². The summed E-state index contributed by atoms with van der Waals surface area (Å²) in [7, 11) is 2.17. The topological polar surface area (TPSA) is 4.93 Å². The number of benzene rings is 2. The third-order valence-electron chi connectivity index (χ3n) is 4.60. The van der Waals surface area contributed by atoms with Gasteiger partial charge in [0.1, 0.15) is 0 Å². The van der Waals surface area contributed by atoms with Crippen LogP contribution in [0.3, 0.4) is 0 Å². The van der Waals surface area contributed by atoms with E-state index < -0.39 is 0 Å². The molecule has 0 unspecified atom stereocenters. The summed E-state index contributed by atoms with van der Waals surface area (Å²) in [6, 6.07) is 16.4. The second-order valence-electron chi connectivity index (χ2n) is 6.15. The van der Waals surface area contributed by atoms with Gasteiger partial charge in [-0.3, -0.25) is 6.08 Å². The molecule has 0 amide bonds. The van der Waals surface area contributed by atoms with Crippen molar-refractivity contribution >= 4 is 10.9 Å². The van der Waals surface area contributed by atoms with Crippen molar-refractivity contribution in [2.45, 2.75) is 19.8 Å². The molecule has 1 heterocycles. The number of fused-ring (bicyclic) bond motifs is 5. The molecule has 130 valence electrons. The second-order valence-corrected chi connectivity index (χ2v) is 6.15. The van der Waals surface area contributed by atoms with E-state index in [-0.39, 0.29) is 51.0 Å². The van der Waals surface area contributed by atoms with Crippen LogP contribution in [0, 0.1) is 19.1 Å². The number of nitrogens with zero attached hydrogens (tertiary/aromatic N) is 1. The van der Waals surface area contributed by atoms with Crippen molar-refractivity contribution in [2.75, 3.05) is 0 Å². The zero-order valence-corrected chi connectivity index (χ0v) is 18.8. The fourth-order valence-electron chi connectivity index (χ4n) is 3.51. The Labute approximate surface area is 187 Å². The van der Waals surface area contributed by atoms with Crippen LogP contribution in [0.25, 0.3) is 22.2 Å². The Morgan fingerprint density at radius 1 is 1.12 bits per heavy atom. The molecule has 4 heteroatoms. The van der Waals surface area contributed by atoms with E-state index in [2.05, 4.69) is 67.1 Å². The number of allylic oxidation sites excluding steroid dienone is 4. The number of rotatable bonds is 0. The normalized spacial score (nSPS) is 12.2. The standard InChI is InChI=1S/C17H14N.C5H5.2ClH.Zr/c1-11-7-8-16-14(9-11)15-10-12-5-3-4-6-13(12)17(15)18(16)2;1-2-4-5-3-1;;;/h3-4,6-9H,10H2,1-2H3;1-3H,4H2;2*1H;/q2*-1;;;+4/p-2. The molecule has 26 heavy (non-hydrogen) atoms. The van der Waals surface area contributed by atoms with Gasteiger partial charge in [0.2, 0.25) is 0 Å². The minimum Gasteiger partial charge on any atom is -1.00 e. The van der Waals surface area contributed by atoms with E-state index in [0.717, 1.165) is 12.8 Å². The second kappa shape index (κ2) is 9.74. The van der Waals surface area contributed by atoms with E-state index in [1.54, 1.807) is 0 Å². The van der Waals surface area contributed by atoms with E-state index in [9.17, 15) is 0 Å². The number of aryl methyl sites for hydroxylation is 2. The Bertz CT molecular complexity index is 944. The van der Waals surface area contributed by atoms with E-state index in [1.807, 2.05) is 18.2 Å². The van der Waals surface area contributed by atoms with Crippen molar-refractivity contribution in [1.29, 1.82) is 0 Å². The smallest absolute Gasteiger partial charge is 1.00 e. The molecule has 0 saturated heterocycles. The van der Waals surface area contributed by atoms with Crippen LogP contribution in [-0.2, 0) is 39.7 Å². The molecule has 1 nitrogen and oxygen atoms in total. The molecule has 1 aromatic heterocycles. The number of halogens is 2. The summed E-state index contributed by atoms with van der Waals surface area (Å²) in [5, 5.41) is 1.40. The van der Waals surface area contributed by atoms with Crippen molar-refractivity contribution in [3.63, 3.8) is 0 Å². The van der Waals surface area contributed by atoms with Gasteiger partial charge in [-0.25, -0.2) is 12.2 Å². The van der Waals surface area contributed by atoms with Crippen LogP contribution in [0.15, 0.2) is 54.6 Å². The Hall–Kier alpha value is -1.08. The van der Waals surface area contributed by atoms with Crippen molar-refractivity contribution < 1.29 is 51.0 Å². The minimum atomic E-state index is 0. The summed E-state index contributed by atoms with van der Waals surface area (Å²) in [6.45, 7) is 2.16. The fraction of sp³-hybridized carbons (Fsp3) is 0.182. The largest absolute Gasteiger partial charge is 4.00 e. The average molecular weight is 460 g/mol. The molecule has 0 N–H and O–H groups in total. The first-order valence-electron chi connectivity index (χ1n) is 8.05. The molecule has 0 spiro atoms. The molecule has 2 aromatic carbocycles.